The number of hydrogen-bond donors (Lipinski definition) is 1. The predicted octanol–water partition coefficient (Wildman–Crippen LogP) is 1.27. The summed E-state index contributed by atoms with van der Waals surface area (Å²) in [4.78, 5) is -0.337. The Labute approximate surface area is 117 Å². The number of nitrogens with two attached hydrogens (primary N) is 1. The van der Waals surface area contributed by atoms with Crippen LogP contribution in [0.4, 0.5) is 10.1 Å². The topological polar surface area (TPSA) is 72.6 Å². The molecule has 2 unspecified atom stereocenters. The molecule has 110 valence electrons. The van der Waals surface area contributed by atoms with E-state index in [2.05, 4.69) is 0 Å². The van der Waals surface area contributed by atoms with Crippen molar-refractivity contribution in [3.63, 3.8) is 0 Å². The number of benzene rings is 1. The number of rotatable bonds is 2. The number of fused-ring (bicyclic) bond motifs is 2. The van der Waals surface area contributed by atoms with Gasteiger partial charge in [0.2, 0.25) is 10.0 Å². The molecule has 2 aliphatic rings. The molecule has 0 aromatic heterocycles. The van der Waals surface area contributed by atoms with E-state index in [9.17, 15) is 12.8 Å². The van der Waals surface area contributed by atoms with Gasteiger partial charge >= 0.3 is 0 Å². The Bertz CT molecular complexity index is 635. The lowest BCUT2D eigenvalue weighted by atomic mass is 10.2. The van der Waals surface area contributed by atoms with Crippen molar-refractivity contribution in [3.8, 4) is 0 Å². The average molecular weight is 300 g/mol. The van der Waals surface area contributed by atoms with Crippen LogP contribution in [0.2, 0.25) is 0 Å². The van der Waals surface area contributed by atoms with Crippen LogP contribution in [0.25, 0.3) is 0 Å². The van der Waals surface area contributed by atoms with Crippen LogP contribution in [0.1, 0.15) is 18.4 Å². The number of nitrogens with zero attached hydrogens (tertiary/aromatic N) is 1. The smallest absolute Gasteiger partial charge is 0.246 e. The fraction of sp³-hybridized carbons (Fsp3) is 0.538. The van der Waals surface area contributed by atoms with E-state index in [0.717, 1.165) is 12.8 Å². The molecule has 5 nitrogen and oxygen atoms in total. The molecule has 0 spiro atoms. The molecule has 0 amide bonds. The Kier molecular flexibility index (Phi) is 3.23. The lowest BCUT2D eigenvalue weighted by Gasteiger charge is -2.31. The van der Waals surface area contributed by atoms with Gasteiger partial charge in [-0.15, -0.1) is 0 Å². The first-order chi connectivity index (χ1) is 9.38. The van der Waals surface area contributed by atoms with Gasteiger partial charge < -0.3 is 10.5 Å². The van der Waals surface area contributed by atoms with Crippen LogP contribution in [0.5, 0.6) is 0 Å². The molecular formula is C13H17FN2O3S. The summed E-state index contributed by atoms with van der Waals surface area (Å²) >= 11 is 0. The molecule has 20 heavy (non-hydrogen) atoms. The normalized spacial score (nSPS) is 26.9. The van der Waals surface area contributed by atoms with Gasteiger partial charge in [-0.05, 0) is 37.5 Å². The highest BCUT2D eigenvalue weighted by atomic mass is 32.2. The molecular weight excluding hydrogens is 283 g/mol. The van der Waals surface area contributed by atoms with Crippen molar-refractivity contribution in [2.24, 2.45) is 0 Å². The molecule has 2 N–H and O–H groups in total. The zero-order chi connectivity index (χ0) is 14.5. The maximum atomic E-state index is 14.1. The van der Waals surface area contributed by atoms with Gasteiger partial charge in [0.1, 0.15) is 10.7 Å². The molecule has 0 saturated carbocycles. The summed E-state index contributed by atoms with van der Waals surface area (Å²) in [5.41, 5.74) is 6.13. The van der Waals surface area contributed by atoms with E-state index in [0.29, 0.717) is 0 Å². The van der Waals surface area contributed by atoms with Gasteiger partial charge in [0, 0.05) is 18.8 Å². The van der Waals surface area contributed by atoms with Crippen molar-refractivity contribution in [1.82, 2.24) is 4.31 Å². The second kappa shape index (κ2) is 4.68. The number of halogens is 1. The molecule has 1 aromatic carbocycles. The Morgan fingerprint density at radius 1 is 1.30 bits per heavy atom. The Morgan fingerprint density at radius 3 is 2.50 bits per heavy atom. The summed E-state index contributed by atoms with van der Waals surface area (Å²) in [5, 5.41) is 0. The lowest BCUT2D eigenvalue weighted by molar-refractivity contribution is -0.0115. The fourth-order valence-electron chi connectivity index (χ4n) is 2.86. The van der Waals surface area contributed by atoms with Crippen LogP contribution in [-0.2, 0) is 14.8 Å². The van der Waals surface area contributed by atoms with E-state index < -0.39 is 15.8 Å². The van der Waals surface area contributed by atoms with Crippen molar-refractivity contribution < 1.29 is 17.5 Å². The number of ether oxygens (including phenoxy) is 1. The average Bonchev–Trinajstić information content (AvgIpc) is 2.72. The molecule has 7 heteroatoms. The number of hydrogen-bond acceptors (Lipinski definition) is 4. The van der Waals surface area contributed by atoms with Crippen molar-refractivity contribution >= 4 is 15.7 Å². The highest BCUT2D eigenvalue weighted by Gasteiger charge is 2.40. The second-order valence-corrected chi connectivity index (χ2v) is 7.34. The van der Waals surface area contributed by atoms with Crippen LogP contribution >= 0.6 is 0 Å². The standard InChI is InChI=1S/C13H17FN2O3S/c1-8-4-9(15)5-12(13(8)14)20(17,18)16-6-10-2-3-11(7-16)19-10/h4-5,10-11H,2-3,6-7,15H2,1H3. The van der Waals surface area contributed by atoms with Crippen molar-refractivity contribution in [2.45, 2.75) is 36.9 Å². The Morgan fingerprint density at radius 2 is 1.90 bits per heavy atom. The van der Waals surface area contributed by atoms with Gasteiger partial charge in [0.15, 0.2) is 0 Å². The van der Waals surface area contributed by atoms with Crippen molar-refractivity contribution in [3.05, 3.63) is 23.5 Å². The molecule has 0 aliphatic carbocycles. The minimum atomic E-state index is -3.87. The first-order valence-electron chi connectivity index (χ1n) is 6.59. The van der Waals surface area contributed by atoms with E-state index in [1.165, 1.54) is 23.4 Å². The van der Waals surface area contributed by atoms with E-state index >= 15 is 0 Å². The zero-order valence-electron chi connectivity index (χ0n) is 11.2. The van der Waals surface area contributed by atoms with Crippen LogP contribution < -0.4 is 5.73 Å². The molecule has 2 heterocycles. The van der Waals surface area contributed by atoms with Crippen LogP contribution in [0, 0.1) is 12.7 Å². The third-order valence-corrected chi connectivity index (χ3v) is 5.70. The predicted molar refractivity (Wildman–Crippen MR) is 72.2 cm³/mol. The van der Waals surface area contributed by atoms with Gasteiger partial charge in [0.05, 0.1) is 12.2 Å². The van der Waals surface area contributed by atoms with E-state index in [1.807, 2.05) is 0 Å². The molecule has 2 fully saturated rings. The largest absolute Gasteiger partial charge is 0.399 e. The van der Waals surface area contributed by atoms with Gasteiger partial charge in [-0.25, -0.2) is 12.8 Å². The summed E-state index contributed by atoms with van der Waals surface area (Å²) in [7, 11) is -3.87. The molecule has 3 rings (SSSR count). The van der Waals surface area contributed by atoms with Crippen LogP contribution in [0.3, 0.4) is 0 Å². The summed E-state index contributed by atoms with van der Waals surface area (Å²) in [6.07, 6.45) is 1.56. The molecule has 2 aliphatic heterocycles. The first kappa shape index (κ1) is 13.8. The van der Waals surface area contributed by atoms with E-state index in [1.54, 1.807) is 0 Å². The number of sulfonamides is 1. The first-order valence-corrected chi connectivity index (χ1v) is 8.03. The number of aryl methyl sites for hydroxylation is 1. The Hall–Kier alpha value is -1.18. The van der Waals surface area contributed by atoms with Crippen LogP contribution in [-0.4, -0.2) is 38.0 Å². The summed E-state index contributed by atoms with van der Waals surface area (Å²) < 4.78 is 46.3. The minimum Gasteiger partial charge on any atom is -0.399 e. The molecule has 2 atom stereocenters. The zero-order valence-corrected chi connectivity index (χ0v) is 12.0. The lowest BCUT2D eigenvalue weighted by Crippen LogP contribution is -2.45. The van der Waals surface area contributed by atoms with Gasteiger partial charge in [-0.1, -0.05) is 0 Å². The van der Waals surface area contributed by atoms with Crippen LogP contribution in [0.15, 0.2) is 17.0 Å². The number of morpholine rings is 1. The van der Waals surface area contributed by atoms with Gasteiger partial charge in [-0.2, -0.15) is 4.31 Å². The maximum absolute atomic E-state index is 14.1. The van der Waals surface area contributed by atoms with Gasteiger partial charge in [-0.3, -0.25) is 0 Å². The van der Waals surface area contributed by atoms with E-state index in [-0.39, 0.29) is 41.4 Å². The van der Waals surface area contributed by atoms with Gasteiger partial charge in [0.25, 0.3) is 0 Å². The highest BCUT2D eigenvalue weighted by molar-refractivity contribution is 7.89. The summed E-state index contributed by atoms with van der Waals surface area (Å²) in [6, 6.07) is 2.62. The summed E-state index contributed by atoms with van der Waals surface area (Å²) in [6.45, 7) is 2.08. The van der Waals surface area contributed by atoms with E-state index in [4.69, 9.17) is 10.5 Å². The third-order valence-electron chi connectivity index (χ3n) is 3.87. The number of nitrogen functional groups attached to an aromatic ring is 1. The SMILES string of the molecule is Cc1cc(N)cc(S(=O)(=O)N2CC3CCC(C2)O3)c1F. The monoisotopic (exact) mass is 300 g/mol. The molecule has 2 saturated heterocycles. The molecule has 1 aromatic rings. The fourth-order valence-corrected chi connectivity index (χ4v) is 4.54. The minimum absolute atomic E-state index is 0.0752. The molecule has 0 radical (unpaired) electrons. The highest BCUT2D eigenvalue weighted by Crippen LogP contribution is 2.31. The van der Waals surface area contributed by atoms with Crippen molar-refractivity contribution in [1.29, 1.82) is 0 Å². The summed E-state index contributed by atoms with van der Waals surface area (Å²) in [5.74, 6) is -0.724. The van der Waals surface area contributed by atoms with Crippen molar-refractivity contribution in [2.75, 3.05) is 18.8 Å². The number of anilines is 1. The third kappa shape index (κ3) is 2.19. The molecule has 2 bridgehead atoms. The maximum Gasteiger partial charge on any atom is 0.246 e. The quantitative estimate of drug-likeness (QED) is 0.835. The second-order valence-electron chi connectivity index (χ2n) is 5.43. The Balaban J connectivity index is 2.00.